The maximum atomic E-state index is 8.67. The van der Waals surface area contributed by atoms with E-state index in [0.717, 1.165) is 0 Å². The van der Waals surface area contributed by atoms with Crippen molar-refractivity contribution in [3.05, 3.63) is 0 Å². The summed E-state index contributed by atoms with van der Waals surface area (Å²) in [5.74, 6) is 0. The highest BCUT2D eigenvalue weighted by Gasteiger charge is 1.99. The summed E-state index contributed by atoms with van der Waals surface area (Å²) in [5, 5.41) is 38.4. The van der Waals surface area contributed by atoms with Gasteiger partial charge in [0.05, 0.1) is 19.8 Å². The summed E-state index contributed by atoms with van der Waals surface area (Å²) in [6.45, 7) is 0.771. The Hall–Kier alpha value is -0.215. The fourth-order valence-electron chi connectivity index (χ4n) is 0.355. The average Bonchev–Trinajstić information content (AvgIpc) is 2.03. The molecule has 0 bridgehead atoms. The molecule has 0 saturated carbocycles. The fourth-order valence-corrected chi connectivity index (χ4v) is 0.355. The van der Waals surface area contributed by atoms with E-state index in [9.17, 15) is 0 Å². The lowest BCUT2D eigenvalue weighted by Crippen LogP contribution is -2.21. The summed E-state index contributed by atoms with van der Waals surface area (Å²) in [4.78, 5) is 0. The molecule has 0 fully saturated rings. The van der Waals surface area contributed by atoms with Crippen molar-refractivity contribution in [2.24, 2.45) is 5.73 Å². The second-order valence-corrected chi connectivity index (χ2v) is 2.05. The van der Waals surface area contributed by atoms with Crippen LogP contribution in [0.15, 0.2) is 0 Å². The van der Waals surface area contributed by atoms with Gasteiger partial charge in [-0.2, -0.15) is 0 Å². The SMILES string of the molecule is NCCOCC(O)CO.OB(O)O. The molecule has 0 aliphatic rings. The van der Waals surface area contributed by atoms with Gasteiger partial charge >= 0.3 is 7.32 Å². The molecule has 0 aromatic heterocycles. The molecule has 0 heterocycles. The molecule has 13 heavy (non-hydrogen) atoms. The number of ether oxygens (including phenoxy) is 1. The van der Waals surface area contributed by atoms with Crippen LogP contribution in [0.4, 0.5) is 0 Å². The van der Waals surface area contributed by atoms with E-state index in [-0.39, 0.29) is 13.2 Å². The highest BCUT2D eigenvalue weighted by atomic mass is 16.5. The molecule has 1 unspecified atom stereocenters. The van der Waals surface area contributed by atoms with Gasteiger partial charge in [0.2, 0.25) is 0 Å². The van der Waals surface area contributed by atoms with E-state index in [1.165, 1.54) is 0 Å². The quantitative estimate of drug-likeness (QED) is 0.197. The third-order valence-corrected chi connectivity index (χ3v) is 0.783. The number of nitrogens with two attached hydrogens (primary N) is 1. The van der Waals surface area contributed by atoms with E-state index < -0.39 is 13.4 Å². The Morgan fingerprint density at radius 3 is 2.08 bits per heavy atom. The summed E-state index contributed by atoms with van der Waals surface area (Å²) >= 11 is 0. The van der Waals surface area contributed by atoms with Crippen LogP contribution in [0, 0.1) is 0 Å². The molecule has 7 N–H and O–H groups in total. The fraction of sp³-hybridized carbons (Fsp3) is 1.00. The molecule has 0 aromatic rings. The van der Waals surface area contributed by atoms with E-state index in [1.807, 2.05) is 0 Å². The zero-order chi connectivity index (χ0) is 10.7. The lowest BCUT2D eigenvalue weighted by atomic mass is 10.3. The van der Waals surface area contributed by atoms with Gasteiger partial charge in [-0.05, 0) is 0 Å². The van der Waals surface area contributed by atoms with Gasteiger partial charge in [0.25, 0.3) is 0 Å². The molecule has 0 saturated heterocycles. The zero-order valence-corrected chi connectivity index (χ0v) is 7.20. The monoisotopic (exact) mass is 197 g/mol. The van der Waals surface area contributed by atoms with Crippen molar-refractivity contribution in [2.45, 2.75) is 6.10 Å². The molecule has 0 aliphatic heterocycles. The molecular weight excluding hydrogens is 181 g/mol. The van der Waals surface area contributed by atoms with E-state index in [4.69, 9.17) is 35.8 Å². The highest BCUT2D eigenvalue weighted by molar-refractivity contribution is 6.30. The van der Waals surface area contributed by atoms with E-state index in [0.29, 0.717) is 13.2 Å². The molecular formula is C5H16BNO6. The maximum absolute atomic E-state index is 8.67. The van der Waals surface area contributed by atoms with E-state index in [1.54, 1.807) is 0 Å². The Morgan fingerprint density at radius 2 is 1.77 bits per heavy atom. The number of aliphatic hydroxyl groups excluding tert-OH is 2. The molecule has 0 spiro atoms. The van der Waals surface area contributed by atoms with Crippen LogP contribution in [-0.2, 0) is 4.74 Å². The minimum atomic E-state index is -2.17. The number of rotatable bonds is 5. The Kier molecular flexibility index (Phi) is 13.8. The molecule has 0 amide bonds. The Balaban J connectivity index is 0. The highest BCUT2D eigenvalue weighted by Crippen LogP contribution is 1.81. The molecule has 1 atom stereocenters. The maximum Gasteiger partial charge on any atom is 0.631 e. The summed E-state index contributed by atoms with van der Waals surface area (Å²) in [7, 11) is -2.17. The van der Waals surface area contributed by atoms with Crippen LogP contribution in [0.3, 0.4) is 0 Å². The Morgan fingerprint density at radius 1 is 1.31 bits per heavy atom. The first-order valence-corrected chi connectivity index (χ1v) is 3.65. The van der Waals surface area contributed by atoms with Crippen molar-refractivity contribution in [3.63, 3.8) is 0 Å². The van der Waals surface area contributed by atoms with Crippen molar-refractivity contribution in [3.8, 4) is 0 Å². The molecule has 0 radical (unpaired) electrons. The first-order valence-electron chi connectivity index (χ1n) is 3.65. The largest absolute Gasteiger partial charge is 0.631 e. The number of hydrogen-bond donors (Lipinski definition) is 6. The summed E-state index contributed by atoms with van der Waals surface area (Å²) in [5.41, 5.74) is 5.09. The second kappa shape index (κ2) is 11.8. The van der Waals surface area contributed by atoms with Crippen LogP contribution in [-0.4, -0.2) is 65.1 Å². The predicted octanol–water partition coefficient (Wildman–Crippen LogP) is -3.74. The van der Waals surface area contributed by atoms with Gasteiger partial charge in [0, 0.05) is 6.54 Å². The second-order valence-electron chi connectivity index (χ2n) is 2.05. The van der Waals surface area contributed by atoms with Crippen LogP contribution >= 0.6 is 0 Å². The minimum absolute atomic E-state index is 0.160. The van der Waals surface area contributed by atoms with Crippen LogP contribution < -0.4 is 5.73 Å². The summed E-state index contributed by atoms with van der Waals surface area (Å²) in [6.07, 6.45) is -0.767. The van der Waals surface area contributed by atoms with Gasteiger partial charge in [-0.3, -0.25) is 0 Å². The van der Waals surface area contributed by atoms with E-state index in [2.05, 4.69) is 0 Å². The Bertz CT molecular complexity index is 92.3. The van der Waals surface area contributed by atoms with E-state index >= 15 is 0 Å². The van der Waals surface area contributed by atoms with Crippen LogP contribution in [0.5, 0.6) is 0 Å². The molecule has 7 nitrogen and oxygen atoms in total. The first kappa shape index (κ1) is 15.3. The standard InChI is InChI=1S/C5H13NO3.BH3O3/c6-1-2-9-4-5(8)3-7;2-1(3)4/h5,7-8H,1-4,6H2;2-4H. The molecule has 0 rings (SSSR count). The predicted molar refractivity (Wildman–Crippen MR) is 45.4 cm³/mol. The van der Waals surface area contributed by atoms with Crippen molar-refractivity contribution < 1.29 is 30.0 Å². The van der Waals surface area contributed by atoms with Crippen molar-refractivity contribution in [1.29, 1.82) is 0 Å². The molecule has 0 aliphatic carbocycles. The Labute approximate surface area is 76.6 Å². The molecule has 8 heteroatoms. The topological polar surface area (TPSA) is 136 Å². The average molecular weight is 197 g/mol. The zero-order valence-electron chi connectivity index (χ0n) is 7.20. The first-order chi connectivity index (χ1) is 6.04. The third-order valence-electron chi connectivity index (χ3n) is 0.783. The van der Waals surface area contributed by atoms with Gasteiger partial charge in [0.1, 0.15) is 6.10 Å². The summed E-state index contributed by atoms with van der Waals surface area (Å²) in [6, 6.07) is 0. The van der Waals surface area contributed by atoms with Crippen molar-refractivity contribution in [1.82, 2.24) is 0 Å². The van der Waals surface area contributed by atoms with Crippen LogP contribution in [0.1, 0.15) is 0 Å². The number of aliphatic hydroxyl groups is 2. The van der Waals surface area contributed by atoms with Gasteiger partial charge in [-0.15, -0.1) is 0 Å². The minimum Gasteiger partial charge on any atom is -0.402 e. The van der Waals surface area contributed by atoms with Gasteiger partial charge < -0.3 is 35.8 Å². The summed E-state index contributed by atoms with van der Waals surface area (Å²) < 4.78 is 4.80. The lowest BCUT2D eigenvalue weighted by Gasteiger charge is -2.05. The smallest absolute Gasteiger partial charge is 0.402 e. The van der Waals surface area contributed by atoms with Crippen molar-refractivity contribution in [2.75, 3.05) is 26.4 Å². The van der Waals surface area contributed by atoms with Crippen LogP contribution in [0.2, 0.25) is 0 Å². The van der Waals surface area contributed by atoms with Gasteiger partial charge in [-0.1, -0.05) is 0 Å². The third kappa shape index (κ3) is 24.5. The lowest BCUT2D eigenvalue weighted by molar-refractivity contribution is 0.00872. The molecule has 0 aromatic carbocycles. The van der Waals surface area contributed by atoms with Crippen molar-refractivity contribution >= 4 is 7.32 Å². The molecule has 80 valence electrons. The van der Waals surface area contributed by atoms with Gasteiger partial charge in [0.15, 0.2) is 0 Å². The van der Waals surface area contributed by atoms with Gasteiger partial charge in [-0.25, -0.2) is 0 Å². The van der Waals surface area contributed by atoms with Crippen LogP contribution in [0.25, 0.3) is 0 Å². The normalized spacial score (nSPS) is 11.5. The number of hydrogen-bond acceptors (Lipinski definition) is 7.